The molecule has 0 N–H and O–H groups in total. The van der Waals surface area contributed by atoms with Crippen LogP contribution in [0.2, 0.25) is 0 Å². The van der Waals surface area contributed by atoms with Gasteiger partial charge in [0, 0.05) is 24.3 Å². The summed E-state index contributed by atoms with van der Waals surface area (Å²) in [5.41, 5.74) is -0.122. The largest absolute Gasteiger partial charge is 0.336 e. The fourth-order valence-electron chi connectivity index (χ4n) is 2.73. The predicted octanol–water partition coefficient (Wildman–Crippen LogP) is 1.64. The Labute approximate surface area is 107 Å². The van der Waals surface area contributed by atoms with E-state index in [4.69, 9.17) is 0 Å². The molecule has 0 spiro atoms. The van der Waals surface area contributed by atoms with E-state index in [9.17, 15) is 9.59 Å². The van der Waals surface area contributed by atoms with Crippen LogP contribution in [0.5, 0.6) is 0 Å². The summed E-state index contributed by atoms with van der Waals surface area (Å²) in [6.45, 7) is 4.32. The highest BCUT2D eigenvalue weighted by atomic mass is 16.2. The Morgan fingerprint density at radius 2 is 1.94 bits per heavy atom. The molecule has 2 atom stereocenters. The molecule has 1 amide bonds. The van der Waals surface area contributed by atoms with Crippen molar-refractivity contribution in [1.82, 2.24) is 9.47 Å². The van der Waals surface area contributed by atoms with Crippen molar-refractivity contribution in [2.24, 2.45) is 0 Å². The van der Waals surface area contributed by atoms with Gasteiger partial charge < -0.3 is 9.47 Å². The first-order valence-corrected chi connectivity index (χ1v) is 6.56. The van der Waals surface area contributed by atoms with Crippen molar-refractivity contribution in [2.45, 2.75) is 51.7 Å². The lowest BCUT2D eigenvalue weighted by molar-refractivity contribution is -0.138. The molecular weight excluding hydrogens is 228 g/mol. The predicted molar refractivity (Wildman–Crippen MR) is 70.3 cm³/mol. The van der Waals surface area contributed by atoms with Crippen LogP contribution in [0.15, 0.2) is 29.2 Å². The molecular formula is C14H20N2O2. The number of aromatic nitrogens is 1. The summed E-state index contributed by atoms with van der Waals surface area (Å²) < 4.78 is 1.47. The number of rotatable bonds is 2. The lowest BCUT2D eigenvalue weighted by Gasteiger charge is -2.39. The monoisotopic (exact) mass is 248 g/mol. The maximum absolute atomic E-state index is 12.3. The van der Waals surface area contributed by atoms with Crippen LogP contribution >= 0.6 is 0 Å². The Bertz CT molecular complexity index is 471. The molecule has 0 saturated carbocycles. The second-order valence-corrected chi connectivity index (χ2v) is 5.10. The number of carbonyl (C=O) groups is 1. The molecule has 1 aromatic heterocycles. The normalized spacial score (nSPS) is 24.0. The lowest BCUT2D eigenvalue weighted by Crippen LogP contribution is -2.49. The number of likely N-dealkylation sites (tertiary alicyclic amines) is 1. The van der Waals surface area contributed by atoms with Gasteiger partial charge in [0.2, 0.25) is 5.91 Å². The number of hydrogen-bond donors (Lipinski definition) is 0. The zero-order chi connectivity index (χ0) is 13.1. The van der Waals surface area contributed by atoms with Gasteiger partial charge in [0.15, 0.2) is 0 Å². The first-order chi connectivity index (χ1) is 8.59. The molecule has 1 aliphatic rings. The van der Waals surface area contributed by atoms with E-state index in [1.54, 1.807) is 18.3 Å². The molecule has 4 nitrogen and oxygen atoms in total. The average molecular weight is 248 g/mol. The lowest BCUT2D eigenvalue weighted by atomic mass is 9.97. The van der Waals surface area contributed by atoms with Crippen LogP contribution in [-0.4, -0.2) is 27.5 Å². The van der Waals surface area contributed by atoms with Gasteiger partial charge in [0.25, 0.3) is 5.56 Å². The Morgan fingerprint density at radius 1 is 1.28 bits per heavy atom. The van der Waals surface area contributed by atoms with Crippen molar-refractivity contribution in [1.29, 1.82) is 0 Å². The third kappa shape index (κ3) is 2.63. The number of hydrogen-bond acceptors (Lipinski definition) is 2. The maximum atomic E-state index is 12.3. The van der Waals surface area contributed by atoms with Crippen LogP contribution in [0.1, 0.15) is 33.1 Å². The van der Waals surface area contributed by atoms with Crippen molar-refractivity contribution in [3.8, 4) is 0 Å². The van der Waals surface area contributed by atoms with E-state index in [0.29, 0.717) is 0 Å². The van der Waals surface area contributed by atoms with E-state index < -0.39 is 0 Å². The average Bonchev–Trinajstić information content (AvgIpc) is 2.32. The molecule has 0 unspecified atom stereocenters. The number of amides is 1. The second-order valence-electron chi connectivity index (χ2n) is 5.10. The summed E-state index contributed by atoms with van der Waals surface area (Å²) in [4.78, 5) is 25.8. The number of nitrogens with zero attached hydrogens (tertiary/aromatic N) is 2. The van der Waals surface area contributed by atoms with Gasteiger partial charge in [0.1, 0.15) is 6.54 Å². The quantitative estimate of drug-likeness (QED) is 0.798. The molecule has 98 valence electrons. The highest BCUT2D eigenvalue weighted by Gasteiger charge is 2.28. The third-order valence-electron chi connectivity index (χ3n) is 3.69. The Hall–Kier alpha value is -1.58. The molecule has 1 saturated heterocycles. The number of pyridine rings is 1. The summed E-state index contributed by atoms with van der Waals surface area (Å²) in [6.07, 6.45) is 4.95. The van der Waals surface area contributed by atoms with Gasteiger partial charge in [0.05, 0.1) is 0 Å². The van der Waals surface area contributed by atoms with Crippen LogP contribution < -0.4 is 5.56 Å². The van der Waals surface area contributed by atoms with E-state index in [0.717, 1.165) is 12.8 Å². The molecule has 1 aliphatic heterocycles. The second kappa shape index (κ2) is 5.38. The van der Waals surface area contributed by atoms with Gasteiger partial charge in [-0.3, -0.25) is 9.59 Å². The van der Waals surface area contributed by atoms with Crippen LogP contribution in [0.4, 0.5) is 0 Å². The summed E-state index contributed by atoms with van der Waals surface area (Å²) in [5, 5.41) is 0. The van der Waals surface area contributed by atoms with Crippen LogP contribution in [0, 0.1) is 0 Å². The molecule has 2 rings (SSSR count). The van der Waals surface area contributed by atoms with Crippen molar-refractivity contribution in [3.63, 3.8) is 0 Å². The highest BCUT2D eigenvalue weighted by molar-refractivity contribution is 5.76. The van der Waals surface area contributed by atoms with Gasteiger partial charge in [-0.25, -0.2) is 0 Å². The number of carbonyl (C=O) groups excluding carboxylic acids is 1. The minimum absolute atomic E-state index is 0.0444. The molecule has 4 heteroatoms. The minimum atomic E-state index is -0.122. The van der Waals surface area contributed by atoms with Crippen molar-refractivity contribution in [2.75, 3.05) is 0 Å². The summed E-state index contributed by atoms with van der Waals surface area (Å²) in [5.74, 6) is 0.0444. The summed E-state index contributed by atoms with van der Waals surface area (Å²) in [7, 11) is 0. The van der Waals surface area contributed by atoms with E-state index in [-0.39, 0.29) is 30.1 Å². The highest BCUT2D eigenvalue weighted by Crippen LogP contribution is 2.22. The SMILES string of the molecule is C[C@H]1CCC[C@H](C)N1C(=O)Cn1ccccc1=O. The molecule has 0 aromatic carbocycles. The van der Waals surface area contributed by atoms with Gasteiger partial charge in [-0.1, -0.05) is 6.07 Å². The summed E-state index contributed by atoms with van der Waals surface area (Å²) >= 11 is 0. The Morgan fingerprint density at radius 3 is 2.56 bits per heavy atom. The minimum Gasteiger partial charge on any atom is -0.336 e. The standard InChI is InChI=1S/C14H20N2O2/c1-11-6-5-7-12(2)16(11)14(18)10-15-9-4-3-8-13(15)17/h3-4,8-9,11-12H,5-7,10H2,1-2H3/t11-,12-/m0/s1. The third-order valence-corrected chi connectivity index (χ3v) is 3.69. The molecule has 18 heavy (non-hydrogen) atoms. The first-order valence-electron chi connectivity index (χ1n) is 6.56. The Kier molecular flexibility index (Phi) is 3.84. The van der Waals surface area contributed by atoms with Crippen molar-refractivity contribution < 1.29 is 4.79 Å². The van der Waals surface area contributed by atoms with E-state index in [2.05, 4.69) is 13.8 Å². The van der Waals surface area contributed by atoms with E-state index in [1.165, 1.54) is 17.1 Å². The van der Waals surface area contributed by atoms with Gasteiger partial charge in [-0.2, -0.15) is 0 Å². The maximum Gasteiger partial charge on any atom is 0.250 e. The van der Waals surface area contributed by atoms with E-state index >= 15 is 0 Å². The first kappa shape index (κ1) is 12.9. The molecule has 2 heterocycles. The fraction of sp³-hybridized carbons (Fsp3) is 0.571. The van der Waals surface area contributed by atoms with Crippen molar-refractivity contribution in [3.05, 3.63) is 34.7 Å². The van der Waals surface area contributed by atoms with Crippen LogP contribution in [-0.2, 0) is 11.3 Å². The molecule has 1 fully saturated rings. The molecule has 0 aliphatic carbocycles. The van der Waals surface area contributed by atoms with Crippen molar-refractivity contribution >= 4 is 5.91 Å². The van der Waals surface area contributed by atoms with Crippen LogP contribution in [0.25, 0.3) is 0 Å². The molecule has 1 aromatic rings. The molecule has 0 bridgehead atoms. The van der Waals surface area contributed by atoms with Gasteiger partial charge in [-0.15, -0.1) is 0 Å². The summed E-state index contributed by atoms with van der Waals surface area (Å²) in [6, 6.07) is 5.50. The molecule has 0 radical (unpaired) electrons. The van der Waals surface area contributed by atoms with Crippen LogP contribution in [0.3, 0.4) is 0 Å². The zero-order valence-electron chi connectivity index (χ0n) is 11.0. The zero-order valence-corrected chi connectivity index (χ0v) is 11.0. The topological polar surface area (TPSA) is 42.3 Å². The smallest absolute Gasteiger partial charge is 0.250 e. The van der Waals surface area contributed by atoms with E-state index in [1.807, 2.05) is 4.90 Å². The fourth-order valence-corrected chi connectivity index (χ4v) is 2.73. The Balaban J connectivity index is 2.12. The number of piperidine rings is 1. The van der Waals surface area contributed by atoms with Gasteiger partial charge >= 0.3 is 0 Å². The van der Waals surface area contributed by atoms with Gasteiger partial charge in [-0.05, 0) is 39.2 Å².